The highest BCUT2D eigenvalue weighted by molar-refractivity contribution is 6.43. The number of alkyl halides is 2. The highest BCUT2D eigenvalue weighted by Gasteiger charge is 1.98. The Balaban J connectivity index is 0. The highest BCUT2D eigenvalue weighted by atomic mass is 35.5. The van der Waals surface area contributed by atoms with Gasteiger partial charge in [0.1, 0.15) is 6.23 Å². The lowest BCUT2D eigenvalue weighted by Gasteiger charge is -2.05. The van der Waals surface area contributed by atoms with E-state index in [1.54, 1.807) is 0 Å². The molecule has 52 valence electrons. The van der Waals surface area contributed by atoms with Gasteiger partial charge in [-0.05, 0) is 6.92 Å². The average molecular weight is 162 g/mol. The maximum Gasteiger partial charge on any atom is 0.160 e. The Hall–Kier alpha value is 0.460. The molecule has 4 N–H and O–H groups in total. The molecule has 0 rings (SSSR count). The smallest absolute Gasteiger partial charge is 0.160 e. The van der Waals surface area contributed by atoms with Crippen molar-refractivity contribution in [2.45, 2.75) is 18.1 Å². The van der Waals surface area contributed by atoms with Crippen LogP contribution >= 0.6 is 23.2 Å². The van der Waals surface area contributed by atoms with E-state index in [1.807, 2.05) is 0 Å². The monoisotopic (exact) mass is 161 g/mol. The van der Waals surface area contributed by atoms with Crippen LogP contribution in [0.5, 0.6) is 0 Å². The Morgan fingerprint density at radius 2 is 1.88 bits per heavy atom. The van der Waals surface area contributed by atoms with Crippen LogP contribution in [-0.4, -0.2) is 21.8 Å². The number of hydrogen-bond donors (Lipinski definition) is 2. The molecule has 0 spiro atoms. The molecule has 0 aromatic carbocycles. The molecule has 0 radical (unpaired) electrons. The predicted octanol–water partition coefficient (Wildman–Crippen LogP) is -0.149. The van der Waals surface area contributed by atoms with Crippen LogP contribution in [0.2, 0.25) is 0 Å². The van der Waals surface area contributed by atoms with Crippen LogP contribution in [0.1, 0.15) is 6.92 Å². The van der Waals surface area contributed by atoms with Crippen molar-refractivity contribution in [3.05, 3.63) is 0 Å². The van der Waals surface area contributed by atoms with Crippen molar-refractivity contribution in [2.75, 3.05) is 0 Å². The maximum absolute atomic E-state index is 8.44. The van der Waals surface area contributed by atoms with Crippen LogP contribution in [0.4, 0.5) is 0 Å². The topological polar surface area (TPSA) is 63.8 Å². The molecule has 0 saturated carbocycles. The molecule has 0 aromatic heterocycles. The summed E-state index contributed by atoms with van der Waals surface area (Å²) >= 11 is 10.3. The van der Waals surface area contributed by atoms with Gasteiger partial charge in [0, 0.05) is 0 Å². The van der Waals surface area contributed by atoms with Crippen molar-refractivity contribution >= 4 is 23.2 Å². The minimum atomic E-state index is -0.681. The third kappa shape index (κ3) is 9.68. The summed E-state index contributed by atoms with van der Waals surface area (Å²) in [6.07, 6.45) is -0.639. The van der Waals surface area contributed by atoms with Crippen molar-refractivity contribution in [3.63, 3.8) is 0 Å². The predicted molar refractivity (Wildman–Crippen MR) is 33.9 cm³/mol. The first kappa shape index (κ1) is 11.3. The molecule has 0 saturated heterocycles. The number of rotatable bonds is 2. The Kier molecular flexibility index (Phi) is 7.89. The molecule has 0 amide bonds. The number of hydrogen-bond acceptors (Lipinski definition) is 2. The van der Waals surface area contributed by atoms with E-state index in [0.717, 1.165) is 0 Å². The number of aliphatic hydroxyl groups excluding tert-OH is 1. The van der Waals surface area contributed by atoms with Crippen LogP contribution in [0.15, 0.2) is 0 Å². The first-order valence-corrected chi connectivity index (χ1v) is 2.72. The van der Waals surface area contributed by atoms with Gasteiger partial charge in [0.2, 0.25) is 0 Å². The molecule has 0 heterocycles. The highest BCUT2D eigenvalue weighted by Crippen LogP contribution is 1.95. The minimum absolute atomic E-state index is 0. The molecule has 8 heavy (non-hydrogen) atoms. The van der Waals surface area contributed by atoms with E-state index in [2.05, 4.69) is 5.32 Å². The second kappa shape index (κ2) is 5.59. The van der Waals surface area contributed by atoms with Crippen LogP contribution in [0, 0.1) is 0 Å². The molecule has 3 nitrogen and oxygen atoms in total. The van der Waals surface area contributed by atoms with Crippen molar-refractivity contribution in [2.24, 2.45) is 0 Å². The van der Waals surface area contributed by atoms with E-state index in [9.17, 15) is 0 Å². The summed E-state index contributed by atoms with van der Waals surface area (Å²) in [4.78, 5) is -0.681. The van der Waals surface area contributed by atoms with Crippen molar-refractivity contribution in [1.29, 1.82) is 0 Å². The molecule has 1 atom stereocenters. The van der Waals surface area contributed by atoms with Gasteiger partial charge in [0.15, 0.2) is 4.96 Å². The van der Waals surface area contributed by atoms with Gasteiger partial charge in [0.05, 0.1) is 0 Å². The van der Waals surface area contributed by atoms with Gasteiger partial charge in [-0.3, -0.25) is 5.32 Å². The van der Waals surface area contributed by atoms with Crippen LogP contribution in [-0.2, 0) is 0 Å². The van der Waals surface area contributed by atoms with Gasteiger partial charge in [-0.1, -0.05) is 23.2 Å². The zero-order valence-corrected chi connectivity index (χ0v) is 5.87. The van der Waals surface area contributed by atoms with Crippen LogP contribution < -0.4 is 5.32 Å². The first-order chi connectivity index (χ1) is 3.13. The number of aliphatic hydroxyl groups is 1. The SMILES string of the molecule is CC(O)NC(Cl)Cl.O. The molecule has 0 bridgehead atoms. The van der Waals surface area contributed by atoms with E-state index >= 15 is 0 Å². The zero-order valence-electron chi connectivity index (χ0n) is 4.36. The Morgan fingerprint density at radius 3 is 1.88 bits per heavy atom. The summed E-state index contributed by atoms with van der Waals surface area (Å²) in [6, 6.07) is 0. The second-order valence-electron chi connectivity index (χ2n) is 1.14. The fourth-order valence-corrected chi connectivity index (χ4v) is 0.547. The molecule has 5 heteroatoms. The molecular formula is C3H9Cl2NO2. The summed E-state index contributed by atoms with van der Waals surface area (Å²) in [5, 5.41) is 10.8. The van der Waals surface area contributed by atoms with E-state index in [4.69, 9.17) is 28.3 Å². The molecule has 0 aliphatic rings. The molecule has 1 unspecified atom stereocenters. The maximum atomic E-state index is 8.44. The van der Waals surface area contributed by atoms with Crippen molar-refractivity contribution in [3.8, 4) is 0 Å². The van der Waals surface area contributed by atoms with Gasteiger partial charge < -0.3 is 10.6 Å². The molecular weight excluding hydrogens is 153 g/mol. The lowest BCUT2D eigenvalue weighted by Crippen LogP contribution is -2.28. The van der Waals surface area contributed by atoms with Gasteiger partial charge in [-0.25, -0.2) is 0 Å². The van der Waals surface area contributed by atoms with Gasteiger partial charge >= 0.3 is 0 Å². The Bertz CT molecular complexity index is 44.5. The number of nitrogens with one attached hydrogen (secondary N) is 1. The summed E-state index contributed by atoms with van der Waals surface area (Å²) in [5.74, 6) is 0. The zero-order chi connectivity index (χ0) is 5.86. The quantitative estimate of drug-likeness (QED) is 0.337. The summed E-state index contributed by atoms with van der Waals surface area (Å²) in [6.45, 7) is 1.54. The van der Waals surface area contributed by atoms with Gasteiger partial charge in [0.25, 0.3) is 0 Å². The van der Waals surface area contributed by atoms with Crippen LogP contribution in [0.25, 0.3) is 0 Å². The molecule has 0 fully saturated rings. The average Bonchev–Trinajstić information content (AvgIpc) is 1.27. The van der Waals surface area contributed by atoms with E-state index in [1.165, 1.54) is 6.92 Å². The lowest BCUT2D eigenvalue weighted by molar-refractivity contribution is 0.160. The molecule has 0 aliphatic heterocycles. The third-order valence-electron chi connectivity index (χ3n) is 0.367. The van der Waals surface area contributed by atoms with E-state index in [0.29, 0.717) is 0 Å². The second-order valence-corrected chi connectivity index (χ2v) is 2.24. The molecule has 0 aliphatic carbocycles. The van der Waals surface area contributed by atoms with E-state index < -0.39 is 11.2 Å². The van der Waals surface area contributed by atoms with Gasteiger partial charge in [-0.15, -0.1) is 0 Å². The number of halogens is 2. The standard InChI is InChI=1S/C3H7Cl2NO.H2O/c1-2(7)6-3(4)5;/h2-3,6-7H,1H3;1H2. The fourth-order valence-electron chi connectivity index (χ4n) is 0.182. The first-order valence-electron chi connectivity index (χ1n) is 1.85. The fraction of sp³-hybridized carbons (Fsp3) is 1.00. The lowest BCUT2D eigenvalue weighted by atomic mass is 10.7. The van der Waals surface area contributed by atoms with E-state index in [-0.39, 0.29) is 5.48 Å². The van der Waals surface area contributed by atoms with Crippen LogP contribution in [0.3, 0.4) is 0 Å². The summed E-state index contributed by atoms with van der Waals surface area (Å²) in [7, 11) is 0. The van der Waals surface area contributed by atoms with Crippen molar-refractivity contribution in [1.82, 2.24) is 5.32 Å². The normalized spacial score (nSPS) is 13.1. The Morgan fingerprint density at radius 1 is 1.50 bits per heavy atom. The Labute approximate surface area is 57.9 Å². The largest absolute Gasteiger partial charge is 0.412 e. The minimum Gasteiger partial charge on any atom is -0.412 e. The third-order valence-corrected chi connectivity index (χ3v) is 0.619. The van der Waals surface area contributed by atoms with Crippen molar-refractivity contribution < 1.29 is 10.6 Å². The summed E-state index contributed by atoms with van der Waals surface area (Å²) in [5.41, 5.74) is 0. The van der Waals surface area contributed by atoms with Gasteiger partial charge in [-0.2, -0.15) is 0 Å². The molecule has 0 aromatic rings. The summed E-state index contributed by atoms with van der Waals surface area (Å²) < 4.78 is 0.